The fourth-order valence-electron chi connectivity index (χ4n) is 2.86. The molecule has 0 heterocycles. The number of halogens is 1. The van der Waals surface area contributed by atoms with Crippen LogP contribution in [-0.4, -0.2) is 36.0 Å². The lowest BCUT2D eigenvalue weighted by Gasteiger charge is -2.23. The first-order valence-electron chi connectivity index (χ1n) is 7.41. The molecule has 1 aliphatic carbocycles. The maximum Gasteiger partial charge on any atom is 0.275 e. The molecule has 0 unspecified atom stereocenters. The van der Waals surface area contributed by atoms with Crippen LogP contribution in [0.3, 0.4) is 0 Å². The lowest BCUT2D eigenvalue weighted by atomic mass is 10.2. The van der Waals surface area contributed by atoms with E-state index in [1.165, 1.54) is 31.7 Å². The number of hydrogen-bond donors (Lipinski definition) is 1. The molecule has 1 aliphatic rings. The second-order valence-electron chi connectivity index (χ2n) is 5.63. The SMILES string of the molecule is CN(CCNCc1ccc(Cl)cc1[N+](=O)[O-])C1CCCC1. The smallest absolute Gasteiger partial charge is 0.275 e. The second-order valence-corrected chi connectivity index (χ2v) is 6.06. The van der Waals surface area contributed by atoms with Gasteiger partial charge in [-0.1, -0.05) is 24.4 Å². The third-order valence-electron chi connectivity index (χ3n) is 4.15. The zero-order valence-electron chi connectivity index (χ0n) is 12.3. The summed E-state index contributed by atoms with van der Waals surface area (Å²) in [6.45, 7) is 2.28. The normalized spacial score (nSPS) is 15.8. The number of likely N-dealkylation sites (N-methyl/N-ethyl adjacent to an activating group) is 1. The summed E-state index contributed by atoms with van der Waals surface area (Å²) in [6.07, 6.45) is 5.25. The van der Waals surface area contributed by atoms with Crippen LogP contribution < -0.4 is 5.32 Å². The van der Waals surface area contributed by atoms with Crippen LogP contribution in [0, 0.1) is 10.1 Å². The zero-order valence-corrected chi connectivity index (χ0v) is 13.1. The van der Waals surface area contributed by atoms with E-state index < -0.39 is 0 Å². The maximum atomic E-state index is 11.0. The number of nitrogens with one attached hydrogen (secondary N) is 1. The molecule has 1 saturated carbocycles. The number of rotatable bonds is 7. The molecular formula is C15H22ClN3O2. The van der Waals surface area contributed by atoms with Gasteiger partial charge in [-0.2, -0.15) is 0 Å². The highest BCUT2D eigenvalue weighted by Crippen LogP contribution is 2.23. The maximum absolute atomic E-state index is 11.0. The summed E-state index contributed by atoms with van der Waals surface area (Å²) >= 11 is 5.80. The molecule has 1 N–H and O–H groups in total. The van der Waals surface area contributed by atoms with Gasteiger partial charge in [-0.25, -0.2) is 0 Å². The Morgan fingerprint density at radius 2 is 2.14 bits per heavy atom. The Balaban J connectivity index is 1.79. The summed E-state index contributed by atoms with van der Waals surface area (Å²) in [4.78, 5) is 13.0. The molecule has 0 saturated heterocycles. The third-order valence-corrected chi connectivity index (χ3v) is 4.38. The van der Waals surface area contributed by atoms with Crippen LogP contribution in [-0.2, 0) is 6.54 Å². The molecule has 0 amide bonds. The van der Waals surface area contributed by atoms with Gasteiger partial charge >= 0.3 is 0 Å². The van der Waals surface area contributed by atoms with E-state index in [0.717, 1.165) is 13.1 Å². The van der Waals surface area contributed by atoms with Gasteiger partial charge in [0.1, 0.15) is 0 Å². The van der Waals surface area contributed by atoms with E-state index in [9.17, 15) is 10.1 Å². The molecule has 0 aliphatic heterocycles. The number of nitro benzene ring substituents is 1. The van der Waals surface area contributed by atoms with Crippen molar-refractivity contribution in [2.24, 2.45) is 0 Å². The Kier molecular flexibility index (Phi) is 5.96. The lowest BCUT2D eigenvalue weighted by Crippen LogP contribution is -2.35. The van der Waals surface area contributed by atoms with Crippen molar-refractivity contribution in [1.82, 2.24) is 10.2 Å². The highest BCUT2D eigenvalue weighted by Gasteiger charge is 2.19. The molecule has 2 rings (SSSR count). The fourth-order valence-corrected chi connectivity index (χ4v) is 3.03. The Morgan fingerprint density at radius 1 is 1.43 bits per heavy atom. The first-order valence-corrected chi connectivity index (χ1v) is 7.79. The van der Waals surface area contributed by atoms with Crippen molar-refractivity contribution in [3.63, 3.8) is 0 Å². The predicted molar refractivity (Wildman–Crippen MR) is 84.7 cm³/mol. The van der Waals surface area contributed by atoms with E-state index in [0.29, 0.717) is 23.2 Å². The summed E-state index contributed by atoms with van der Waals surface area (Å²) in [5, 5.41) is 14.7. The number of hydrogen-bond acceptors (Lipinski definition) is 4. The van der Waals surface area contributed by atoms with E-state index in [-0.39, 0.29) is 10.6 Å². The minimum Gasteiger partial charge on any atom is -0.311 e. The molecule has 1 aromatic carbocycles. The molecule has 0 bridgehead atoms. The van der Waals surface area contributed by atoms with Crippen LogP contribution in [0.15, 0.2) is 18.2 Å². The summed E-state index contributed by atoms with van der Waals surface area (Å²) in [7, 11) is 2.16. The minimum absolute atomic E-state index is 0.0825. The highest BCUT2D eigenvalue weighted by molar-refractivity contribution is 6.30. The topological polar surface area (TPSA) is 58.4 Å². The van der Waals surface area contributed by atoms with Gasteiger partial charge in [0.2, 0.25) is 0 Å². The van der Waals surface area contributed by atoms with Gasteiger partial charge in [-0.05, 0) is 32.0 Å². The van der Waals surface area contributed by atoms with Crippen molar-refractivity contribution in [2.45, 2.75) is 38.3 Å². The van der Waals surface area contributed by atoms with Crippen LogP contribution in [0.5, 0.6) is 0 Å². The largest absolute Gasteiger partial charge is 0.311 e. The van der Waals surface area contributed by atoms with Crippen molar-refractivity contribution in [1.29, 1.82) is 0 Å². The summed E-state index contributed by atoms with van der Waals surface area (Å²) in [5.74, 6) is 0. The molecule has 21 heavy (non-hydrogen) atoms. The van der Waals surface area contributed by atoms with Gasteiger partial charge in [-0.3, -0.25) is 10.1 Å². The molecule has 1 aromatic rings. The van der Waals surface area contributed by atoms with Crippen molar-refractivity contribution in [2.75, 3.05) is 20.1 Å². The molecular weight excluding hydrogens is 290 g/mol. The molecule has 0 atom stereocenters. The quantitative estimate of drug-likeness (QED) is 0.477. The molecule has 0 spiro atoms. The standard InChI is InChI=1S/C15H22ClN3O2/c1-18(14-4-2-3-5-14)9-8-17-11-12-6-7-13(16)10-15(12)19(20)21/h6-7,10,14,17H,2-5,8-9,11H2,1H3. The van der Waals surface area contributed by atoms with Crippen LogP contribution in [0.25, 0.3) is 0 Å². The van der Waals surface area contributed by atoms with E-state index in [2.05, 4.69) is 17.3 Å². The average molecular weight is 312 g/mol. The fraction of sp³-hybridized carbons (Fsp3) is 0.600. The molecule has 1 fully saturated rings. The van der Waals surface area contributed by atoms with Crippen molar-refractivity contribution in [3.05, 3.63) is 38.9 Å². The first-order chi connectivity index (χ1) is 10.1. The minimum atomic E-state index is -0.381. The predicted octanol–water partition coefficient (Wildman–Crippen LogP) is 3.21. The average Bonchev–Trinajstić information content (AvgIpc) is 2.98. The Hall–Kier alpha value is -1.17. The van der Waals surface area contributed by atoms with Gasteiger partial charge in [-0.15, -0.1) is 0 Å². The van der Waals surface area contributed by atoms with Gasteiger partial charge < -0.3 is 10.2 Å². The van der Waals surface area contributed by atoms with E-state index in [1.54, 1.807) is 12.1 Å². The monoisotopic (exact) mass is 311 g/mol. The zero-order chi connectivity index (χ0) is 15.2. The van der Waals surface area contributed by atoms with E-state index in [1.807, 2.05) is 0 Å². The number of nitro groups is 1. The molecule has 116 valence electrons. The third kappa shape index (κ3) is 4.66. The molecule has 5 nitrogen and oxygen atoms in total. The molecule has 0 radical (unpaired) electrons. The van der Waals surface area contributed by atoms with Crippen LogP contribution in [0.1, 0.15) is 31.2 Å². The van der Waals surface area contributed by atoms with Crippen molar-refractivity contribution < 1.29 is 4.92 Å². The lowest BCUT2D eigenvalue weighted by molar-refractivity contribution is -0.385. The van der Waals surface area contributed by atoms with Gasteiger partial charge in [0.05, 0.1) is 4.92 Å². The van der Waals surface area contributed by atoms with Crippen molar-refractivity contribution >= 4 is 17.3 Å². The van der Waals surface area contributed by atoms with Crippen molar-refractivity contribution in [3.8, 4) is 0 Å². The Morgan fingerprint density at radius 3 is 2.81 bits per heavy atom. The second kappa shape index (κ2) is 7.73. The Labute approximate surface area is 130 Å². The molecule has 0 aromatic heterocycles. The van der Waals surface area contributed by atoms with Gasteiger partial charge in [0.15, 0.2) is 0 Å². The first kappa shape index (κ1) is 16.2. The summed E-state index contributed by atoms with van der Waals surface area (Å²) in [5.41, 5.74) is 0.757. The molecule has 6 heteroatoms. The van der Waals surface area contributed by atoms with Gasteiger partial charge in [0, 0.05) is 42.3 Å². The summed E-state index contributed by atoms with van der Waals surface area (Å²) < 4.78 is 0. The van der Waals surface area contributed by atoms with Crippen LogP contribution in [0.2, 0.25) is 5.02 Å². The Bertz CT molecular complexity index is 490. The van der Waals surface area contributed by atoms with E-state index >= 15 is 0 Å². The van der Waals surface area contributed by atoms with Gasteiger partial charge in [0.25, 0.3) is 5.69 Å². The van der Waals surface area contributed by atoms with Crippen LogP contribution in [0.4, 0.5) is 5.69 Å². The van der Waals surface area contributed by atoms with E-state index in [4.69, 9.17) is 11.6 Å². The number of benzene rings is 1. The van der Waals surface area contributed by atoms with Crippen LogP contribution >= 0.6 is 11.6 Å². The number of nitrogens with zero attached hydrogens (tertiary/aromatic N) is 2. The summed E-state index contributed by atoms with van der Waals surface area (Å²) in [6, 6.07) is 5.52. The highest BCUT2D eigenvalue weighted by atomic mass is 35.5.